The maximum absolute atomic E-state index is 11.2. The Morgan fingerprint density at radius 1 is 1.32 bits per heavy atom. The van der Waals surface area contributed by atoms with Gasteiger partial charge in [-0.05, 0) is 37.1 Å². The molecule has 19 heavy (non-hydrogen) atoms. The Morgan fingerprint density at radius 2 is 2.21 bits per heavy atom. The van der Waals surface area contributed by atoms with Crippen LogP contribution < -0.4 is 5.73 Å². The zero-order chi connectivity index (χ0) is 13.2. The van der Waals surface area contributed by atoms with Crippen LogP contribution in [0.1, 0.15) is 28.8 Å². The fourth-order valence-corrected chi connectivity index (χ4v) is 3.28. The van der Waals surface area contributed by atoms with Crippen molar-refractivity contribution in [3.8, 4) is 0 Å². The molecule has 3 rings (SSSR count). The predicted molar refractivity (Wildman–Crippen MR) is 74.8 cm³/mol. The first-order valence-electron chi connectivity index (χ1n) is 7.07. The second-order valence-corrected chi connectivity index (χ2v) is 5.63. The summed E-state index contributed by atoms with van der Waals surface area (Å²) in [4.78, 5) is 16.3. The molecule has 0 bridgehead atoms. The summed E-state index contributed by atoms with van der Waals surface area (Å²) in [6.07, 6.45) is 2.67. The highest BCUT2D eigenvalue weighted by atomic mass is 16.1. The van der Waals surface area contributed by atoms with E-state index in [9.17, 15) is 4.79 Å². The van der Waals surface area contributed by atoms with Gasteiger partial charge in [-0.1, -0.05) is 12.1 Å². The molecular weight excluding hydrogens is 238 g/mol. The monoisotopic (exact) mass is 259 g/mol. The van der Waals surface area contributed by atoms with Gasteiger partial charge in [0.1, 0.15) is 0 Å². The number of rotatable bonds is 3. The van der Waals surface area contributed by atoms with E-state index in [1.807, 2.05) is 12.1 Å². The summed E-state index contributed by atoms with van der Waals surface area (Å²) in [5, 5.41) is 0. The normalized spacial score (nSPS) is 24.3. The van der Waals surface area contributed by atoms with Crippen molar-refractivity contribution < 1.29 is 4.79 Å². The fraction of sp³-hybridized carbons (Fsp3) is 0.533. The molecule has 1 amide bonds. The lowest BCUT2D eigenvalue weighted by Crippen LogP contribution is -2.49. The molecule has 1 unspecified atom stereocenters. The topological polar surface area (TPSA) is 49.6 Å². The van der Waals surface area contributed by atoms with Gasteiger partial charge in [0.05, 0.1) is 0 Å². The maximum Gasteiger partial charge on any atom is 0.248 e. The molecule has 1 aromatic carbocycles. The Labute approximate surface area is 114 Å². The van der Waals surface area contributed by atoms with E-state index in [4.69, 9.17) is 5.73 Å². The largest absolute Gasteiger partial charge is 0.366 e. The highest BCUT2D eigenvalue weighted by molar-refractivity contribution is 5.92. The summed E-state index contributed by atoms with van der Waals surface area (Å²) in [7, 11) is 0. The van der Waals surface area contributed by atoms with Crippen molar-refractivity contribution in [3.05, 3.63) is 35.4 Å². The molecule has 2 heterocycles. The third kappa shape index (κ3) is 2.80. The third-order valence-electron chi connectivity index (χ3n) is 4.29. The molecule has 2 aliphatic rings. The molecule has 2 saturated heterocycles. The summed E-state index contributed by atoms with van der Waals surface area (Å²) < 4.78 is 0. The van der Waals surface area contributed by atoms with Gasteiger partial charge in [-0.3, -0.25) is 14.6 Å². The minimum atomic E-state index is -0.345. The zero-order valence-electron chi connectivity index (χ0n) is 11.2. The van der Waals surface area contributed by atoms with Crippen molar-refractivity contribution in [2.75, 3.05) is 26.2 Å². The molecule has 0 saturated carbocycles. The minimum Gasteiger partial charge on any atom is -0.366 e. The van der Waals surface area contributed by atoms with Gasteiger partial charge in [0.2, 0.25) is 5.91 Å². The van der Waals surface area contributed by atoms with Gasteiger partial charge in [-0.2, -0.15) is 0 Å². The number of amides is 1. The standard InChI is InChI=1S/C15H21N3O/c16-15(19)13-4-1-3-12(9-13)10-17-7-8-18-6-2-5-14(18)11-17/h1,3-4,9,14H,2,5-8,10-11H2,(H2,16,19). The number of nitrogens with zero attached hydrogens (tertiary/aromatic N) is 2. The number of hydrogen-bond acceptors (Lipinski definition) is 3. The molecule has 4 nitrogen and oxygen atoms in total. The molecule has 2 aliphatic heterocycles. The molecule has 2 fully saturated rings. The van der Waals surface area contributed by atoms with E-state index in [0.717, 1.165) is 25.7 Å². The number of hydrogen-bond donors (Lipinski definition) is 1. The number of primary amides is 1. The first kappa shape index (κ1) is 12.6. The Balaban J connectivity index is 1.65. The Morgan fingerprint density at radius 3 is 3.05 bits per heavy atom. The van der Waals surface area contributed by atoms with Crippen LogP contribution in [0.2, 0.25) is 0 Å². The number of nitrogens with two attached hydrogens (primary N) is 1. The van der Waals surface area contributed by atoms with Crippen LogP contribution in [0.15, 0.2) is 24.3 Å². The molecule has 0 aliphatic carbocycles. The molecule has 1 aromatic rings. The van der Waals surface area contributed by atoms with Gasteiger partial charge in [0.15, 0.2) is 0 Å². The molecule has 102 valence electrons. The van der Waals surface area contributed by atoms with E-state index in [-0.39, 0.29) is 5.91 Å². The number of benzene rings is 1. The average Bonchev–Trinajstić information content (AvgIpc) is 2.86. The van der Waals surface area contributed by atoms with Crippen molar-refractivity contribution in [3.63, 3.8) is 0 Å². The van der Waals surface area contributed by atoms with Gasteiger partial charge < -0.3 is 5.73 Å². The van der Waals surface area contributed by atoms with Crippen molar-refractivity contribution in [1.29, 1.82) is 0 Å². The predicted octanol–water partition coefficient (Wildman–Crippen LogP) is 1.07. The van der Waals surface area contributed by atoms with Crippen LogP contribution in [0.4, 0.5) is 0 Å². The van der Waals surface area contributed by atoms with Gasteiger partial charge in [-0.15, -0.1) is 0 Å². The van der Waals surface area contributed by atoms with Crippen LogP contribution in [-0.4, -0.2) is 47.9 Å². The molecule has 0 radical (unpaired) electrons. The van der Waals surface area contributed by atoms with Crippen LogP contribution in [0.5, 0.6) is 0 Å². The summed E-state index contributed by atoms with van der Waals surface area (Å²) in [5.74, 6) is -0.345. The van der Waals surface area contributed by atoms with Crippen molar-refractivity contribution >= 4 is 5.91 Å². The highest BCUT2D eigenvalue weighted by Crippen LogP contribution is 2.22. The van der Waals surface area contributed by atoms with E-state index in [0.29, 0.717) is 5.56 Å². The van der Waals surface area contributed by atoms with Crippen molar-refractivity contribution in [2.45, 2.75) is 25.4 Å². The van der Waals surface area contributed by atoms with Crippen LogP contribution in [0.25, 0.3) is 0 Å². The third-order valence-corrected chi connectivity index (χ3v) is 4.29. The van der Waals surface area contributed by atoms with E-state index in [1.165, 1.54) is 31.5 Å². The van der Waals surface area contributed by atoms with Gasteiger partial charge >= 0.3 is 0 Å². The van der Waals surface area contributed by atoms with E-state index < -0.39 is 0 Å². The van der Waals surface area contributed by atoms with Crippen molar-refractivity contribution in [2.24, 2.45) is 5.73 Å². The molecule has 1 atom stereocenters. The van der Waals surface area contributed by atoms with Crippen molar-refractivity contribution in [1.82, 2.24) is 9.80 Å². The fourth-order valence-electron chi connectivity index (χ4n) is 3.28. The summed E-state index contributed by atoms with van der Waals surface area (Å²) >= 11 is 0. The van der Waals surface area contributed by atoms with Gasteiger partial charge in [-0.25, -0.2) is 0 Å². The SMILES string of the molecule is NC(=O)c1cccc(CN2CCN3CCCC3C2)c1. The number of piperazine rings is 1. The Bertz CT molecular complexity index is 474. The van der Waals surface area contributed by atoms with E-state index in [2.05, 4.69) is 15.9 Å². The highest BCUT2D eigenvalue weighted by Gasteiger charge is 2.30. The van der Waals surface area contributed by atoms with Crippen LogP contribution in [0.3, 0.4) is 0 Å². The van der Waals surface area contributed by atoms with Crippen LogP contribution in [0, 0.1) is 0 Å². The first-order chi connectivity index (χ1) is 9.22. The summed E-state index contributed by atoms with van der Waals surface area (Å²) in [6.45, 7) is 5.65. The summed E-state index contributed by atoms with van der Waals surface area (Å²) in [5.41, 5.74) is 7.12. The van der Waals surface area contributed by atoms with Gasteiger partial charge in [0, 0.05) is 37.8 Å². The van der Waals surface area contributed by atoms with Crippen LogP contribution in [-0.2, 0) is 6.54 Å². The molecule has 0 spiro atoms. The zero-order valence-corrected chi connectivity index (χ0v) is 11.2. The second-order valence-electron chi connectivity index (χ2n) is 5.63. The Hall–Kier alpha value is -1.39. The molecule has 2 N–H and O–H groups in total. The molecule has 4 heteroatoms. The minimum absolute atomic E-state index is 0.345. The van der Waals surface area contributed by atoms with Gasteiger partial charge in [0.25, 0.3) is 0 Å². The number of fused-ring (bicyclic) bond motifs is 1. The maximum atomic E-state index is 11.2. The number of carbonyl (C=O) groups is 1. The molecular formula is C15H21N3O. The molecule has 0 aromatic heterocycles. The Kier molecular flexibility index (Phi) is 3.53. The second kappa shape index (κ2) is 5.31. The lowest BCUT2D eigenvalue weighted by molar-refractivity contribution is 0.0985. The quantitative estimate of drug-likeness (QED) is 0.883. The summed E-state index contributed by atoms with van der Waals surface area (Å²) in [6, 6.07) is 8.44. The number of carbonyl (C=O) groups excluding carboxylic acids is 1. The average molecular weight is 259 g/mol. The smallest absolute Gasteiger partial charge is 0.248 e. The van der Waals surface area contributed by atoms with E-state index >= 15 is 0 Å². The van der Waals surface area contributed by atoms with E-state index in [1.54, 1.807) is 6.07 Å². The lowest BCUT2D eigenvalue weighted by Gasteiger charge is -2.37. The first-order valence-corrected chi connectivity index (χ1v) is 7.07. The van der Waals surface area contributed by atoms with Crippen LogP contribution >= 0.6 is 0 Å². The lowest BCUT2D eigenvalue weighted by atomic mass is 10.1.